The monoisotopic (exact) mass is 307 g/mol. The van der Waals surface area contributed by atoms with Gasteiger partial charge in [0.05, 0.1) is 5.75 Å². The van der Waals surface area contributed by atoms with Gasteiger partial charge in [-0.2, -0.15) is 0 Å². The lowest BCUT2D eigenvalue weighted by atomic mass is 9.97. The lowest BCUT2D eigenvalue weighted by molar-refractivity contribution is 0.102. The summed E-state index contributed by atoms with van der Waals surface area (Å²) < 4.78 is 0.729. The predicted octanol–water partition coefficient (Wildman–Crippen LogP) is 3.61. The second kappa shape index (κ2) is 6.85. The Morgan fingerprint density at radius 2 is 2.05 bits per heavy atom. The van der Waals surface area contributed by atoms with E-state index in [0.29, 0.717) is 16.8 Å². The summed E-state index contributed by atoms with van der Waals surface area (Å²) in [7, 11) is 0. The van der Waals surface area contributed by atoms with Crippen LogP contribution in [0.3, 0.4) is 0 Å². The molecular weight excluding hydrogens is 290 g/mol. The lowest BCUT2D eigenvalue weighted by Crippen LogP contribution is -2.02. The number of aromatic nitrogens is 2. The fraction of sp³-hybridized carbons (Fsp3) is 0.357. The van der Waals surface area contributed by atoms with E-state index in [1.54, 1.807) is 0 Å². The third kappa shape index (κ3) is 3.80. The topological polar surface area (TPSA) is 68.9 Å². The Labute approximate surface area is 126 Å². The molecule has 0 amide bonds. The van der Waals surface area contributed by atoms with E-state index in [-0.39, 0.29) is 5.78 Å². The maximum atomic E-state index is 12.1. The first-order chi connectivity index (χ1) is 9.60. The average Bonchev–Trinajstić information content (AvgIpc) is 2.89. The van der Waals surface area contributed by atoms with Crippen molar-refractivity contribution in [1.29, 1.82) is 0 Å². The third-order valence-electron chi connectivity index (χ3n) is 3.16. The van der Waals surface area contributed by atoms with Crippen LogP contribution < -0.4 is 5.73 Å². The van der Waals surface area contributed by atoms with Crippen LogP contribution in [-0.4, -0.2) is 21.7 Å². The lowest BCUT2D eigenvalue weighted by Gasteiger charge is -2.09. The van der Waals surface area contributed by atoms with Crippen molar-refractivity contribution in [3.8, 4) is 0 Å². The van der Waals surface area contributed by atoms with Crippen LogP contribution in [0.2, 0.25) is 0 Å². The summed E-state index contributed by atoms with van der Waals surface area (Å²) in [5.41, 5.74) is 7.51. The number of nitrogen functional groups attached to an aromatic ring is 1. The Hall–Kier alpha value is -1.40. The van der Waals surface area contributed by atoms with Crippen LogP contribution in [0.1, 0.15) is 42.1 Å². The molecule has 2 rings (SSSR count). The Morgan fingerprint density at radius 3 is 2.60 bits per heavy atom. The Morgan fingerprint density at radius 1 is 1.35 bits per heavy atom. The number of ketones is 1. The highest BCUT2D eigenvalue weighted by molar-refractivity contribution is 8.01. The summed E-state index contributed by atoms with van der Waals surface area (Å²) in [6, 6.07) is 7.88. The van der Waals surface area contributed by atoms with E-state index < -0.39 is 0 Å². The number of benzene rings is 1. The molecule has 20 heavy (non-hydrogen) atoms. The van der Waals surface area contributed by atoms with Gasteiger partial charge in [0, 0.05) is 5.56 Å². The molecule has 4 nitrogen and oxygen atoms in total. The molecule has 0 saturated heterocycles. The number of nitrogens with two attached hydrogens (primary N) is 1. The van der Waals surface area contributed by atoms with Crippen LogP contribution >= 0.6 is 23.1 Å². The molecule has 0 aliphatic rings. The van der Waals surface area contributed by atoms with Gasteiger partial charge in [0.2, 0.25) is 5.13 Å². The van der Waals surface area contributed by atoms with Crippen molar-refractivity contribution >= 4 is 34.0 Å². The molecule has 2 aromatic rings. The van der Waals surface area contributed by atoms with Crippen molar-refractivity contribution in [3.63, 3.8) is 0 Å². The van der Waals surface area contributed by atoms with E-state index in [2.05, 4.69) is 24.0 Å². The molecule has 0 fully saturated rings. The number of anilines is 1. The maximum absolute atomic E-state index is 12.1. The van der Waals surface area contributed by atoms with Gasteiger partial charge in [-0.1, -0.05) is 61.2 Å². The molecule has 0 aliphatic heterocycles. The van der Waals surface area contributed by atoms with Crippen LogP contribution in [0.15, 0.2) is 28.6 Å². The molecule has 1 atom stereocenters. The predicted molar refractivity (Wildman–Crippen MR) is 84.5 cm³/mol. The van der Waals surface area contributed by atoms with Crippen molar-refractivity contribution in [2.45, 2.75) is 30.5 Å². The van der Waals surface area contributed by atoms with Gasteiger partial charge in [-0.15, -0.1) is 10.2 Å². The van der Waals surface area contributed by atoms with Gasteiger partial charge in [-0.05, 0) is 17.9 Å². The van der Waals surface area contributed by atoms with Crippen LogP contribution in [0.5, 0.6) is 0 Å². The number of carbonyl (C=O) groups is 1. The number of hydrogen-bond donors (Lipinski definition) is 1. The second-order valence-electron chi connectivity index (χ2n) is 4.55. The summed E-state index contributed by atoms with van der Waals surface area (Å²) >= 11 is 2.68. The molecule has 0 spiro atoms. The van der Waals surface area contributed by atoms with Gasteiger partial charge in [0.25, 0.3) is 0 Å². The summed E-state index contributed by atoms with van der Waals surface area (Å²) in [5, 5.41) is 8.03. The summed E-state index contributed by atoms with van der Waals surface area (Å²) in [4.78, 5) is 12.1. The number of hydrogen-bond acceptors (Lipinski definition) is 6. The quantitative estimate of drug-likeness (QED) is 0.652. The largest absolute Gasteiger partial charge is 0.374 e. The Kier molecular flexibility index (Phi) is 5.14. The first kappa shape index (κ1) is 15.0. The number of carbonyl (C=O) groups excluding carboxylic acids is 1. The molecule has 6 heteroatoms. The third-order valence-corrected chi connectivity index (χ3v) is 5.05. The SMILES string of the molecule is CC[C@@H](C)c1ccc(C(=O)CSc2nnc(N)s2)cc1. The standard InChI is InChI=1S/C14H17N3OS2/c1-3-9(2)10-4-6-11(7-5-10)12(18)8-19-14-17-16-13(15)20-14/h4-7,9H,3,8H2,1-2H3,(H2,15,16)/t9-/m1/s1. The number of Topliss-reactive ketones (excluding diaryl/α,β-unsaturated/α-hetero) is 1. The number of rotatable bonds is 6. The molecule has 1 aromatic carbocycles. The highest BCUT2D eigenvalue weighted by atomic mass is 32.2. The molecule has 1 aromatic heterocycles. The molecule has 0 radical (unpaired) electrons. The zero-order valence-electron chi connectivity index (χ0n) is 11.5. The molecule has 0 saturated carbocycles. The maximum Gasteiger partial charge on any atom is 0.203 e. The normalized spacial score (nSPS) is 12.3. The van der Waals surface area contributed by atoms with E-state index in [1.165, 1.54) is 28.7 Å². The van der Waals surface area contributed by atoms with Gasteiger partial charge >= 0.3 is 0 Å². The first-order valence-electron chi connectivity index (χ1n) is 6.45. The van der Waals surface area contributed by atoms with E-state index in [0.717, 1.165) is 16.3 Å². The van der Waals surface area contributed by atoms with Crippen LogP contribution in [0.4, 0.5) is 5.13 Å². The molecular formula is C14H17N3OS2. The average molecular weight is 307 g/mol. The van der Waals surface area contributed by atoms with Gasteiger partial charge in [-0.3, -0.25) is 4.79 Å². The van der Waals surface area contributed by atoms with Gasteiger partial charge in [-0.25, -0.2) is 0 Å². The smallest absolute Gasteiger partial charge is 0.203 e. The van der Waals surface area contributed by atoms with Crippen molar-refractivity contribution in [3.05, 3.63) is 35.4 Å². The van der Waals surface area contributed by atoms with Gasteiger partial charge in [0.15, 0.2) is 10.1 Å². The molecule has 0 bridgehead atoms. The van der Waals surface area contributed by atoms with Gasteiger partial charge < -0.3 is 5.73 Å². The van der Waals surface area contributed by atoms with Crippen LogP contribution in [-0.2, 0) is 0 Å². The van der Waals surface area contributed by atoms with E-state index in [4.69, 9.17) is 5.73 Å². The van der Waals surface area contributed by atoms with Gasteiger partial charge in [0.1, 0.15) is 0 Å². The highest BCUT2D eigenvalue weighted by Gasteiger charge is 2.10. The molecule has 0 unspecified atom stereocenters. The van der Waals surface area contributed by atoms with Crippen molar-refractivity contribution in [2.24, 2.45) is 0 Å². The molecule has 106 valence electrons. The zero-order chi connectivity index (χ0) is 14.5. The fourth-order valence-electron chi connectivity index (χ4n) is 1.72. The Balaban J connectivity index is 1.95. The molecule has 1 heterocycles. The van der Waals surface area contributed by atoms with E-state index in [9.17, 15) is 4.79 Å². The minimum Gasteiger partial charge on any atom is -0.374 e. The van der Waals surface area contributed by atoms with Crippen LogP contribution in [0.25, 0.3) is 0 Å². The Bertz CT molecular complexity index is 580. The fourth-order valence-corrected chi connectivity index (χ4v) is 3.25. The first-order valence-corrected chi connectivity index (χ1v) is 8.25. The van der Waals surface area contributed by atoms with Crippen molar-refractivity contribution in [2.75, 3.05) is 11.5 Å². The van der Waals surface area contributed by atoms with E-state index >= 15 is 0 Å². The minimum atomic E-state index is 0.0967. The summed E-state index contributed by atoms with van der Waals surface area (Å²) in [6.45, 7) is 4.35. The number of nitrogens with zero attached hydrogens (tertiary/aromatic N) is 2. The number of thioether (sulfide) groups is 1. The molecule has 0 aliphatic carbocycles. The summed E-state index contributed by atoms with van der Waals surface area (Å²) in [6.07, 6.45) is 1.10. The van der Waals surface area contributed by atoms with Crippen LogP contribution in [0, 0.1) is 0 Å². The summed E-state index contributed by atoms with van der Waals surface area (Å²) in [5.74, 6) is 0.981. The highest BCUT2D eigenvalue weighted by Crippen LogP contribution is 2.25. The van der Waals surface area contributed by atoms with Crippen molar-refractivity contribution in [1.82, 2.24) is 10.2 Å². The molecule has 2 N–H and O–H groups in total. The second-order valence-corrected chi connectivity index (χ2v) is 6.78. The zero-order valence-corrected chi connectivity index (χ0v) is 13.1. The van der Waals surface area contributed by atoms with E-state index in [1.807, 2.05) is 24.3 Å². The van der Waals surface area contributed by atoms with Crippen molar-refractivity contribution < 1.29 is 4.79 Å². The minimum absolute atomic E-state index is 0.0967.